The Labute approximate surface area is 88.1 Å². The summed E-state index contributed by atoms with van der Waals surface area (Å²) in [7, 11) is 0. The second-order valence-electron chi connectivity index (χ2n) is 3.55. The third-order valence-corrected chi connectivity index (χ3v) is 2.86. The Morgan fingerprint density at radius 3 is 2.71 bits per heavy atom. The summed E-state index contributed by atoms with van der Waals surface area (Å²) < 4.78 is 0. The van der Waals surface area contributed by atoms with Crippen molar-refractivity contribution in [3.63, 3.8) is 0 Å². The van der Waals surface area contributed by atoms with Crippen LogP contribution in [0.25, 0.3) is 5.57 Å². The molecule has 1 aromatic carbocycles. The fraction of sp³-hybridized carbons (Fsp3) is 0.0833. The normalized spacial score (nSPS) is 17.9. The summed E-state index contributed by atoms with van der Waals surface area (Å²) in [5.41, 5.74) is 4.82. The van der Waals surface area contributed by atoms with Crippen molar-refractivity contribution in [3.8, 4) is 0 Å². The summed E-state index contributed by atoms with van der Waals surface area (Å²) in [5.74, 6) is 0. The fourth-order valence-corrected chi connectivity index (χ4v) is 2.08. The number of hydrogen-bond acceptors (Lipinski definition) is 2. The van der Waals surface area contributed by atoms with Crippen molar-refractivity contribution in [2.24, 2.45) is 0 Å². The maximum Gasteiger partial charge on any atom is 0.0472 e. The van der Waals surface area contributed by atoms with Crippen LogP contribution in [0.4, 0.5) is 5.69 Å². The Morgan fingerprint density at radius 1 is 1.14 bits per heavy atom. The molecule has 0 radical (unpaired) electrons. The fourth-order valence-electron chi connectivity index (χ4n) is 1.88. The summed E-state index contributed by atoms with van der Waals surface area (Å²) in [4.78, 5) is 0.999. The minimum Gasteiger partial charge on any atom is -0.355 e. The van der Waals surface area contributed by atoms with E-state index in [1.807, 2.05) is 0 Å². The molecule has 1 aromatic rings. The molecule has 0 amide bonds. The van der Waals surface area contributed by atoms with Gasteiger partial charge in [-0.3, -0.25) is 0 Å². The van der Waals surface area contributed by atoms with Gasteiger partial charge in [-0.15, -0.1) is 0 Å². The first-order chi connectivity index (χ1) is 6.83. The van der Waals surface area contributed by atoms with Crippen LogP contribution in [0.15, 0.2) is 42.1 Å². The van der Waals surface area contributed by atoms with Gasteiger partial charge in [0.15, 0.2) is 0 Å². The molecule has 14 heavy (non-hydrogen) atoms. The highest BCUT2D eigenvalue weighted by atomic mass is 32.1. The molecular formula is C12H9NS. The molecule has 2 heterocycles. The van der Waals surface area contributed by atoms with Crippen molar-refractivity contribution in [2.75, 3.05) is 5.32 Å². The number of thiocarbonyl (C=S) groups is 1. The third-order valence-electron chi connectivity index (χ3n) is 2.58. The molecule has 2 aliphatic heterocycles. The van der Waals surface area contributed by atoms with Gasteiger partial charge in [-0.2, -0.15) is 0 Å². The number of nitrogens with one attached hydrogen (secondary N) is 1. The van der Waals surface area contributed by atoms with Crippen LogP contribution in [0.2, 0.25) is 0 Å². The van der Waals surface area contributed by atoms with Crippen LogP contribution in [0.5, 0.6) is 0 Å². The van der Waals surface area contributed by atoms with E-state index in [4.69, 9.17) is 12.2 Å². The molecule has 0 fully saturated rings. The van der Waals surface area contributed by atoms with E-state index in [1.54, 1.807) is 0 Å². The summed E-state index contributed by atoms with van der Waals surface area (Å²) in [6.07, 6.45) is 5.14. The van der Waals surface area contributed by atoms with Gasteiger partial charge in [-0.25, -0.2) is 0 Å². The minimum absolute atomic E-state index is 0.885. The molecule has 4 rings (SSSR count). The van der Waals surface area contributed by atoms with E-state index in [-0.39, 0.29) is 0 Å². The van der Waals surface area contributed by atoms with Crippen LogP contribution in [-0.4, -0.2) is 4.86 Å². The lowest BCUT2D eigenvalue weighted by Gasteiger charge is -2.14. The lowest BCUT2D eigenvalue weighted by Crippen LogP contribution is -2.06. The lowest BCUT2D eigenvalue weighted by molar-refractivity contribution is 1.43. The molecule has 1 N–H and O–H groups in total. The number of anilines is 1. The molecule has 0 saturated carbocycles. The third kappa shape index (κ3) is 1.11. The van der Waals surface area contributed by atoms with Gasteiger partial charge in [0.1, 0.15) is 0 Å². The van der Waals surface area contributed by atoms with Gasteiger partial charge in [0.25, 0.3) is 0 Å². The highest BCUT2D eigenvalue weighted by molar-refractivity contribution is 7.80. The van der Waals surface area contributed by atoms with Crippen molar-refractivity contribution in [1.82, 2.24) is 0 Å². The molecule has 1 nitrogen and oxygen atoms in total. The molecule has 1 aliphatic carbocycles. The van der Waals surface area contributed by atoms with Crippen LogP contribution in [0, 0.1) is 0 Å². The molecule has 0 unspecified atom stereocenters. The van der Waals surface area contributed by atoms with E-state index in [9.17, 15) is 0 Å². The van der Waals surface area contributed by atoms with Gasteiger partial charge in [0.2, 0.25) is 0 Å². The Kier molecular flexibility index (Phi) is 1.58. The van der Waals surface area contributed by atoms with E-state index in [0.717, 1.165) is 22.7 Å². The zero-order chi connectivity index (χ0) is 9.54. The predicted molar refractivity (Wildman–Crippen MR) is 63.3 cm³/mol. The Hall–Kier alpha value is -1.41. The van der Waals surface area contributed by atoms with E-state index in [1.165, 1.54) is 11.1 Å². The molecular weight excluding hydrogens is 190 g/mol. The van der Waals surface area contributed by atoms with Gasteiger partial charge in [0.05, 0.1) is 0 Å². The second kappa shape index (κ2) is 2.79. The zero-order valence-electron chi connectivity index (χ0n) is 7.58. The average Bonchev–Trinajstić information content (AvgIpc) is 2.45. The first kappa shape index (κ1) is 7.94. The van der Waals surface area contributed by atoms with E-state index < -0.39 is 0 Å². The molecule has 0 saturated heterocycles. The molecule has 2 bridgehead atoms. The van der Waals surface area contributed by atoms with E-state index in [2.05, 4.69) is 41.7 Å². The van der Waals surface area contributed by atoms with Gasteiger partial charge in [-0.05, 0) is 23.8 Å². The number of rotatable bonds is 0. The molecule has 0 spiro atoms. The van der Waals surface area contributed by atoms with Crippen molar-refractivity contribution in [3.05, 3.63) is 47.7 Å². The van der Waals surface area contributed by atoms with Gasteiger partial charge < -0.3 is 5.32 Å². The van der Waals surface area contributed by atoms with Crippen molar-refractivity contribution < 1.29 is 0 Å². The summed E-state index contributed by atoms with van der Waals surface area (Å²) in [6, 6.07) is 8.48. The molecule has 0 aromatic heterocycles. The van der Waals surface area contributed by atoms with E-state index >= 15 is 0 Å². The summed E-state index contributed by atoms with van der Waals surface area (Å²) >= 11 is 5.20. The highest BCUT2D eigenvalue weighted by Crippen LogP contribution is 2.32. The molecule has 2 heteroatoms. The highest BCUT2D eigenvalue weighted by Gasteiger charge is 2.16. The smallest absolute Gasteiger partial charge is 0.0472 e. The van der Waals surface area contributed by atoms with Crippen LogP contribution >= 0.6 is 12.2 Å². The van der Waals surface area contributed by atoms with Crippen molar-refractivity contribution >= 4 is 28.3 Å². The van der Waals surface area contributed by atoms with Crippen LogP contribution < -0.4 is 5.32 Å². The maximum absolute atomic E-state index is 5.20. The topological polar surface area (TPSA) is 12.0 Å². The van der Waals surface area contributed by atoms with E-state index in [0.29, 0.717) is 0 Å². The second-order valence-corrected chi connectivity index (χ2v) is 4.07. The molecule has 68 valence electrons. The number of allylic oxidation sites excluding steroid dienone is 3. The number of hydrogen-bond donors (Lipinski definition) is 1. The SMILES string of the molecule is S=C1C=C2Nc3ccc(cc3)C2=CC1. The number of fused-ring (bicyclic) bond motifs is 2. The monoisotopic (exact) mass is 199 g/mol. The Balaban J connectivity index is 2.22. The van der Waals surface area contributed by atoms with Gasteiger partial charge in [-0.1, -0.05) is 30.4 Å². The van der Waals surface area contributed by atoms with Crippen LogP contribution in [-0.2, 0) is 0 Å². The number of benzene rings is 1. The predicted octanol–water partition coefficient (Wildman–Crippen LogP) is 3.15. The molecule has 3 aliphatic rings. The first-order valence-corrected chi connectivity index (χ1v) is 5.06. The van der Waals surface area contributed by atoms with Crippen LogP contribution in [0.3, 0.4) is 0 Å². The Morgan fingerprint density at radius 2 is 1.93 bits per heavy atom. The molecule has 0 atom stereocenters. The Bertz CT molecular complexity index is 466. The quantitative estimate of drug-likeness (QED) is 0.644. The summed E-state index contributed by atoms with van der Waals surface area (Å²) in [6.45, 7) is 0. The average molecular weight is 199 g/mol. The zero-order valence-corrected chi connectivity index (χ0v) is 8.40. The largest absolute Gasteiger partial charge is 0.355 e. The minimum atomic E-state index is 0.885. The van der Waals surface area contributed by atoms with Gasteiger partial charge in [0, 0.05) is 28.2 Å². The van der Waals surface area contributed by atoms with Gasteiger partial charge >= 0.3 is 0 Å². The van der Waals surface area contributed by atoms with Crippen molar-refractivity contribution in [2.45, 2.75) is 6.42 Å². The maximum atomic E-state index is 5.20. The first-order valence-electron chi connectivity index (χ1n) is 4.65. The van der Waals surface area contributed by atoms with Crippen LogP contribution in [0.1, 0.15) is 12.0 Å². The lowest BCUT2D eigenvalue weighted by atomic mass is 9.98. The summed E-state index contributed by atoms with van der Waals surface area (Å²) in [5, 5.41) is 3.37. The standard InChI is InChI=1S/C12H9NS/c14-10-5-6-11-8-1-3-9(4-2-8)13-12(11)7-10/h1-4,6-7,13H,5H2. The van der Waals surface area contributed by atoms with Crippen molar-refractivity contribution in [1.29, 1.82) is 0 Å².